The molecule has 3 heteroatoms. The first-order valence-corrected chi connectivity index (χ1v) is 7.71. The third-order valence-corrected chi connectivity index (χ3v) is 4.83. The molecule has 0 bridgehead atoms. The minimum Gasteiger partial charge on any atom is -0.219 e. The maximum atomic E-state index is 12.5. The van der Waals surface area contributed by atoms with Crippen molar-refractivity contribution in [3.63, 3.8) is 0 Å². The molecule has 100 valence electrons. The molecule has 0 unspecified atom stereocenters. The molecule has 0 aliphatic heterocycles. The number of benzene rings is 2. The molecule has 2 aromatic rings. The van der Waals surface area contributed by atoms with Gasteiger partial charge in [-0.2, -0.15) is 0 Å². The Morgan fingerprint density at radius 1 is 0.789 bits per heavy atom. The van der Waals surface area contributed by atoms with Crippen molar-refractivity contribution >= 4 is 9.84 Å². The first-order chi connectivity index (χ1) is 8.82. The van der Waals surface area contributed by atoms with Crippen molar-refractivity contribution in [3.8, 4) is 0 Å². The fourth-order valence-electron chi connectivity index (χ4n) is 1.87. The van der Waals surface area contributed by atoms with Gasteiger partial charge in [0.15, 0.2) is 0 Å². The summed E-state index contributed by atoms with van der Waals surface area (Å²) in [6.07, 6.45) is 0. The summed E-state index contributed by atoms with van der Waals surface area (Å²) in [4.78, 5) is 0.687. The topological polar surface area (TPSA) is 34.1 Å². The van der Waals surface area contributed by atoms with Crippen LogP contribution in [0.5, 0.6) is 0 Å². The second-order valence-electron chi connectivity index (χ2n) is 5.59. The molecule has 0 fully saturated rings. The highest BCUT2D eigenvalue weighted by atomic mass is 32.2. The molecule has 19 heavy (non-hydrogen) atoms. The van der Waals surface area contributed by atoms with E-state index in [1.165, 1.54) is 0 Å². The van der Waals surface area contributed by atoms with Crippen LogP contribution in [0.4, 0.5) is 0 Å². The van der Waals surface area contributed by atoms with Crippen molar-refractivity contribution in [1.82, 2.24) is 0 Å². The number of rotatable bonds is 2. The fraction of sp³-hybridized carbons (Fsp3) is 0.250. The SMILES string of the molecule is CC(C)(C)c1cccc(S(=O)(=O)c2ccccc2)c1. The second kappa shape index (κ2) is 4.82. The zero-order chi connectivity index (χ0) is 14.1. The highest BCUT2D eigenvalue weighted by molar-refractivity contribution is 7.91. The minimum atomic E-state index is -3.42. The van der Waals surface area contributed by atoms with Crippen molar-refractivity contribution in [2.24, 2.45) is 0 Å². The lowest BCUT2D eigenvalue weighted by molar-refractivity contribution is 0.583. The van der Waals surface area contributed by atoms with Gasteiger partial charge in [0.05, 0.1) is 9.79 Å². The predicted molar refractivity (Wildman–Crippen MR) is 77.0 cm³/mol. The average Bonchev–Trinajstić information content (AvgIpc) is 2.39. The van der Waals surface area contributed by atoms with Crippen LogP contribution in [0.25, 0.3) is 0 Å². The van der Waals surface area contributed by atoms with Crippen LogP contribution in [0.1, 0.15) is 26.3 Å². The molecule has 0 aromatic heterocycles. The van der Waals surface area contributed by atoms with Crippen LogP contribution in [-0.4, -0.2) is 8.42 Å². The molecule has 2 nitrogen and oxygen atoms in total. The van der Waals surface area contributed by atoms with E-state index in [1.54, 1.807) is 42.5 Å². The summed E-state index contributed by atoms with van der Waals surface area (Å²) >= 11 is 0. The van der Waals surface area contributed by atoms with Gasteiger partial charge in [-0.1, -0.05) is 51.1 Å². The summed E-state index contributed by atoms with van der Waals surface area (Å²) in [6.45, 7) is 6.21. The maximum absolute atomic E-state index is 12.5. The van der Waals surface area contributed by atoms with Crippen molar-refractivity contribution in [3.05, 3.63) is 60.2 Å². The van der Waals surface area contributed by atoms with Gasteiger partial charge in [-0.15, -0.1) is 0 Å². The van der Waals surface area contributed by atoms with Gasteiger partial charge in [-0.3, -0.25) is 0 Å². The van der Waals surface area contributed by atoms with Crippen LogP contribution < -0.4 is 0 Å². The lowest BCUT2D eigenvalue weighted by atomic mass is 9.87. The predicted octanol–water partition coefficient (Wildman–Crippen LogP) is 3.82. The molecule has 0 N–H and O–H groups in total. The molecule has 2 aromatic carbocycles. The number of hydrogen-bond acceptors (Lipinski definition) is 2. The Kier molecular flexibility index (Phi) is 3.50. The van der Waals surface area contributed by atoms with Gasteiger partial charge < -0.3 is 0 Å². The summed E-state index contributed by atoms with van der Waals surface area (Å²) in [5.41, 5.74) is 0.951. The van der Waals surface area contributed by atoms with Crippen LogP contribution in [0.3, 0.4) is 0 Å². The molecule has 0 saturated carbocycles. The molecule has 0 spiro atoms. The van der Waals surface area contributed by atoms with Crippen LogP contribution >= 0.6 is 0 Å². The van der Waals surface area contributed by atoms with Gasteiger partial charge in [-0.05, 0) is 35.2 Å². The van der Waals surface area contributed by atoms with E-state index in [9.17, 15) is 8.42 Å². The van der Waals surface area contributed by atoms with E-state index in [-0.39, 0.29) is 5.41 Å². The van der Waals surface area contributed by atoms with Crippen molar-refractivity contribution < 1.29 is 8.42 Å². The molecule has 2 rings (SSSR count). The Morgan fingerprint density at radius 3 is 1.95 bits per heavy atom. The summed E-state index contributed by atoms with van der Waals surface area (Å²) in [6, 6.07) is 15.7. The highest BCUT2D eigenvalue weighted by Crippen LogP contribution is 2.27. The smallest absolute Gasteiger partial charge is 0.206 e. The Morgan fingerprint density at radius 2 is 1.37 bits per heavy atom. The van der Waals surface area contributed by atoms with Crippen molar-refractivity contribution in [2.75, 3.05) is 0 Å². The van der Waals surface area contributed by atoms with E-state index in [0.717, 1.165) is 5.56 Å². The molecule has 0 aliphatic rings. The third-order valence-electron chi connectivity index (χ3n) is 3.06. The summed E-state index contributed by atoms with van der Waals surface area (Å²) in [5.74, 6) is 0. The Labute approximate surface area is 115 Å². The molecule has 0 amide bonds. The van der Waals surface area contributed by atoms with Gasteiger partial charge in [0.25, 0.3) is 0 Å². The van der Waals surface area contributed by atoms with Gasteiger partial charge >= 0.3 is 0 Å². The van der Waals surface area contributed by atoms with Crippen LogP contribution in [-0.2, 0) is 15.3 Å². The Hall–Kier alpha value is -1.61. The molecule has 0 aliphatic carbocycles. The molecular weight excluding hydrogens is 256 g/mol. The van der Waals surface area contributed by atoms with Crippen molar-refractivity contribution in [2.45, 2.75) is 36.0 Å². The summed E-state index contributed by atoms with van der Waals surface area (Å²) in [7, 11) is -3.42. The molecular formula is C16H18O2S. The minimum absolute atomic E-state index is 0.0672. The second-order valence-corrected chi connectivity index (χ2v) is 7.54. The summed E-state index contributed by atoms with van der Waals surface area (Å²) < 4.78 is 25.0. The molecule has 0 heterocycles. The Balaban J connectivity index is 2.54. The normalized spacial score (nSPS) is 12.4. The molecule has 0 atom stereocenters. The van der Waals surface area contributed by atoms with E-state index in [4.69, 9.17) is 0 Å². The number of sulfone groups is 1. The van der Waals surface area contributed by atoms with Gasteiger partial charge in [0.1, 0.15) is 0 Å². The van der Waals surface area contributed by atoms with E-state index in [1.807, 2.05) is 12.1 Å². The lowest BCUT2D eigenvalue weighted by Gasteiger charge is -2.19. The standard InChI is InChI=1S/C16H18O2S/c1-16(2,3)13-8-7-11-15(12-13)19(17,18)14-9-5-4-6-10-14/h4-12H,1-3H3. The molecule has 0 saturated heterocycles. The Bertz CT molecular complexity index is 665. The van der Waals surface area contributed by atoms with Crippen molar-refractivity contribution in [1.29, 1.82) is 0 Å². The fourth-order valence-corrected chi connectivity index (χ4v) is 3.19. The highest BCUT2D eigenvalue weighted by Gasteiger charge is 2.20. The van der Waals surface area contributed by atoms with E-state index < -0.39 is 9.84 Å². The van der Waals surface area contributed by atoms with Gasteiger partial charge in [-0.25, -0.2) is 8.42 Å². The van der Waals surface area contributed by atoms with E-state index in [2.05, 4.69) is 20.8 Å². The van der Waals surface area contributed by atoms with E-state index >= 15 is 0 Å². The first-order valence-electron chi connectivity index (χ1n) is 6.22. The first kappa shape index (κ1) is 13.8. The van der Waals surface area contributed by atoms with Crippen LogP contribution in [0.2, 0.25) is 0 Å². The zero-order valence-corrected chi connectivity index (χ0v) is 12.2. The largest absolute Gasteiger partial charge is 0.219 e. The monoisotopic (exact) mass is 274 g/mol. The zero-order valence-electron chi connectivity index (χ0n) is 11.4. The van der Waals surface area contributed by atoms with E-state index in [0.29, 0.717) is 9.79 Å². The lowest BCUT2D eigenvalue weighted by Crippen LogP contribution is -2.12. The third kappa shape index (κ3) is 2.87. The van der Waals surface area contributed by atoms with Crippen LogP contribution in [0, 0.1) is 0 Å². The quantitative estimate of drug-likeness (QED) is 0.834. The number of hydrogen-bond donors (Lipinski definition) is 0. The van der Waals surface area contributed by atoms with Gasteiger partial charge in [0, 0.05) is 0 Å². The average molecular weight is 274 g/mol. The van der Waals surface area contributed by atoms with Gasteiger partial charge in [0.2, 0.25) is 9.84 Å². The molecule has 0 radical (unpaired) electrons. The maximum Gasteiger partial charge on any atom is 0.206 e. The van der Waals surface area contributed by atoms with Crippen LogP contribution in [0.15, 0.2) is 64.4 Å². The summed E-state index contributed by atoms with van der Waals surface area (Å²) in [5, 5.41) is 0.